The molecule has 112 valence electrons. The van der Waals surface area contributed by atoms with E-state index in [1.165, 1.54) is 11.1 Å². The molecule has 1 N–H and O–H groups in total. The maximum atomic E-state index is 5.53. The standard InChI is InChI=1S/C18H23NO2/c1-20-17(13-15-9-5-3-6-10-15)19-18(21-2)14-16-11-7-4-8-12-16/h3-12,17-19H,13-14H2,1-2H3. The Morgan fingerprint density at radius 3 is 1.43 bits per heavy atom. The van der Waals surface area contributed by atoms with Gasteiger partial charge in [-0.25, -0.2) is 0 Å². The van der Waals surface area contributed by atoms with Gasteiger partial charge in [-0.2, -0.15) is 0 Å². The number of rotatable bonds is 8. The highest BCUT2D eigenvalue weighted by Crippen LogP contribution is 2.08. The van der Waals surface area contributed by atoms with Gasteiger partial charge in [0.05, 0.1) is 0 Å². The first kappa shape index (κ1) is 15.7. The molecule has 2 aromatic carbocycles. The highest BCUT2D eigenvalue weighted by atomic mass is 16.5. The van der Waals surface area contributed by atoms with Gasteiger partial charge in [0.1, 0.15) is 12.5 Å². The molecule has 2 rings (SSSR count). The van der Waals surface area contributed by atoms with E-state index in [9.17, 15) is 0 Å². The van der Waals surface area contributed by atoms with Gasteiger partial charge in [-0.15, -0.1) is 0 Å². The average Bonchev–Trinajstić information content (AvgIpc) is 2.55. The second-order valence-electron chi connectivity index (χ2n) is 4.99. The molecule has 2 atom stereocenters. The SMILES string of the molecule is COC(Cc1ccccc1)NC(Cc1ccccc1)OC. The zero-order chi connectivity index (χ0) is 14.9. The average molecular weight is 285 g/mol. The minimum absolute atomic E-state index is 0.0685. The molecule has 2 unspecified atom stereocenters. The van der Waals surface area contributed by atoms with Crippen LogP contribution in [-0.2, 0) is 22.3 Å². The summed E-state index contributed by atoms with van der Waals surface area (Å²) in [5, 5.41) is 3.41. The van der Waals surface area contributed by atoms with E-state index in [0.29, 0.717) is 0 Å². The topological polar surface area (TPSA) is 30.5 Å². The molecule has 0 saturated heterocycles. The Morgan fingerprint density at radius 2 is 1.10 bits per heavy atom. The van der Waals surface area contributed by atoms with Crippen molar-refractivity contribution in [1.82, 2.24) is 5.32 Å². The Balaban J connectivity index is 1.92. The number of nitrogens with one attached hydrogen (secondary N) is 1. The lowest BCUT2D eigenvalue weighted by molar-refractivity contribution is -0.00864. The molecule has 3 heteroatoms. The third-order valence-electron chi connectivity index (χ3n) is 3.47. The molecule has 0 aliphatic rings. The number of benzene rings is 2. The highest BCUT2D eigenvalue weighted by Gasteiger charge is 2.15. The third-order valence-corrected chi connectivity index (χ3v) is 3.47. The molecule has 3 nitrogen and oxygen atoms in total. The largest absolute Gasteiger partial charge is 0.366 e. The Hall–Kier alpha value is -1.68. The Labute approximate surface area is 126 Å². The summed E-state index contributed by atoms with van der Waals surface area (Å²) in [5.41, 5.74) is 2.48. The van der Waals surface area contributed by atoms with Crippen molar-refractivity contribution in [2.75, 3.05) is 14.2 Å². The fourth-order valence-corrected chi connectivity index (χ4v) is 2.28. The maximum Gasteiger partial charge on any atom is 0.113 e. The van der Waals surface area contributed by atoms with Crippen molar-refractivity contribution in [3.63, 3.8) is 0 Å². The molecular formula is C18H23NO2. The molecule has 2 aromatic rings. The summed E-state index contributed by atoms with van der Waals surface area (Å²) in [6.45, 7) is 0. The normalized spacial score (nSPS) is 13.8. The van der Waals surface area contributed by atoms with Crippen molar-refractivity contribution < 1.29 is 9.47 Å². The van der Waals surface area contributed by atoms with Gasteiger partial charge in [0.15, 0.2) is 0 Å². The van der Waals surface area contributed by atoms with Crippen LogP contribution in [0, 0.1) is 0 Å². The lowest BCUT2D eigenvalue weighted by Crippen LogP contribution is -2.43. The Bertz CT molecular complexity index is 454. The highest BCUT2D eigenvalue weighted by molar-refractivity contribution is 5.16. The van der Waals surface area contributed by atoms with E-state index in [1.807, 2.05) is 36.4 Å². The summed E-state index contributed by atoms with van der Waals surface area (Å²) >= 11 is 0. The van der Waals surface area contributed by atoms with Crippen molar-refractivity contribution in [3.05, 3.63) is 71.8 Å². The molecule has 0 bridgehead atoms. The Kier molecular flexibility index (Phi) is 6.41. The summed E-state index contributed by atoms with van der Waals surface area (Å²) in [6, 6.07) is 20.6. The van der Waals surface area contributed by atoms with E-state index in [1.54, 1.807) is 14.2 Å². The van der Waals surface area contributed by atoms with Crippen LogP contribution < -0.4 is 5.32 Å². The van der Waals surface area contributed by atoms with E-state index in [2.05, 4.69) is 29.6 Å². The van der Waals surface area contributed by atoms with Crippen molar-refractivity contribution >= 4 is 0 Å². The lowest BCUT2D eigenvalue weighted by atomic mass is 10.1. The molecule has 21 heavy (non-hydrogen) atoms. The summed E-state index contributed by atoms with van der Waals surface area (Å²) < 4.78 is 11.1. The van der Waals surface area contributed by atoms with Gasteiger partial charge in [0.25, 0.3) is 0 Å². The summed E-state index contributed by atoms with van der Waals surface area (Å²) in [6.07, 6.45) is 1.49. The molecule has 0 saturated carbocycles. The van der Waals surface area contributed by atoms with Crippen molar-refractivity contribution in [3.8, 4) is 0 Å². The van der Waals surface area contributed by atoms with Crippen LogP contribution in [0.25, 0.3) is 0 Å². The zero-order valence-corrected chi connectivity index (χ0v) is 12.7. The molecule has 0 aliphatic heterocycles. The fourth-order valence-electron chi connectivity index (χ4n) is 2.28. The number of ether oxygens (including phenoxy) is 2. The second-order valence-corrected chi connectivity index (χ2v) is 4.99. The monoisotopic (exact) mass is 285 g/mol. The molecule has 0 spiro atoms. The van der Waals surface area contributed by atoms with Gasteiger partial charge < -0.3 is 9.47 Å². The minimum Gasteiger partial charge on any atom is -0.366 e. The number of methoxy groups -OCH3 is 2. The van der Waals surface area contributed by atoms with E-state index in [0.717, 1.165) is 12.8 Å². The van der Waals surface area contributed by atoms with Crippen LogP contribution in [0.15, 0.2) is 60.7 Å². The smallest absolute Gasteiger partial charge is 0.113 e. The van der Waals surface area contributed by atoms with E-state index in [4.69, 9.17) is 9.47 Å². The van der Waals surface area contributed by atoms with Crippen LogP contribution in [0.3, 0.4) is 0 Å². The number of hydrogen-bond donors (Lipinski definition) is 1. The summed E-state index contributed by atoms with van der Waals surface area (Å²) in [7, 11) is 3.44. The van der Waals surface area contributed by atoms with E-state index < -0.39 is 0 Å². The van der Waals surface area contributed by atoms with Gasteiger partial charge in [-0.1, -0.05) is 60.7 Å². The molecule has 0 aliphatic carbocycles. The molecule has 0 fully saturated rings. The van der Waals surface area contributed by atoms with Gasteiger partial charge in [-0.05, 0) is 11.1 Å². The van der Waals surface area contributed by atoms with Gasteiger partial charge >= 0.3 is 0 Å². The summed E-state index contributed by atoms with van der Waals surface area (Å²) in [5.74, 6) is 0. The third kappa shape index (κ3) is 5.31. The van der Waals surface area contributed by atoms with Crippen LogP contribution in [0.1, 0.15) is 11.1 Å². The van der Waals surface area contributed by atoms with Gasteiger partial charge in [0, 0.05) is 27.1 Å². The Morgan fingerprint density at radius 1 is 0.714 bits per heavy atom. The van der Waals surface area contributed by atoms with Crippen molar-refractivity contribution in [2.45, 2.75) is 25.3 Å². The predicted octanol–water partition coefficient (Wildman–Crippen LogP) is 3.01. The minimum atomic E-state index is -0.0685. The predicted molar refractivity (Wildman–Crippen MR) is 85.0 cm³/mol. The van der Waals surface area contributed by atoms with Crippen molar-refractivity contribution in [2.24, 2.45) is 0 Å². The van der Waals surface area contributed by atoms with Gasteiger partial charge in [0.2, 0.25) is 0 Å². The zero-order valence-electron chi connectivity index (χ0n) is 12.7. The van der Waals surface area contributed by atoms with Crippen LogP contribution in [-0.4, -0.2) is 26.7 Å². The quantitative estimate of drug-likeness (QED) is 0.756. The first-order chi connectivity index (χ1) is 10.3. The first-order valence-corrected chi connectivity index (χ1v) is 7.21. The fraction of sp³-hybridized carbons (Fsp3) is 0.333. The van der Waals surface area contributed by atoms with Crippen LogP contribution in [0.5, 0.6) is 0 Å². The van der Waals surface area contributed by atoms with Crippen LogP contribution in [0.4, 0.5) is 0 Å². The maximum absolute atomic E-state index is 5.53. The molecule has 0 heterocycles. The molecule has 0 aromatic heterocycles. The first-order valence-electron chi connectivity index (χ1n) is 7.21. The summed E-state index contributed by atoms with van der Waals surface area (Å²) in [4.78, 5) is 0. The molecule has 0 amide bonds. The second kappa shape index (κ2) is 8.57. The van der Waals surface area contributed by atoms with Crippen LogP contribution >= 0.6 is 0 Å². The number of hydrogen-bond acceptors (Lipinski definition) is 3. The molecular weight excluding hydrogens is 262 g/mol. The van der Waals surface area contributed by atoms with Crippen molar-refractivity contribution in [1.29, 1.82) is 0 Å². The van der Waals surface area contributed by atoms with Gasteiger partial charge in [-0.3, -0.25) is 5.32 Å². The molecule has 0 radical (unpaired) electrons. The van der Waals surface area contributed by atoms with Crippen LogP contribution in [0.2, 0.25) is 0 Å². The lowest BCUT2D eigenvalue weighted by Gasteiger charge is -2.24. The van der Waals surface area contributed by atoms with E-state index >= 15 is 0 Å². The van der Waals surface area contributed by atoms with E-state index in [-0.39, 0.29) is 12.5 Å².